The maximum absolute atomic E-state index is 11.3. The first kappa shape index (κ1) is 10.8. The molecule has 0 heterocycles. The zero-order valence-electron chi connectivity index (χ0n) is 9.05. The third-order valence-corrected chi connectivity index (χ3v) is 2.27. The van der Waals surface area contributed by atoms with E-state index in [1.165, 1.54) is 11.1 Å². The highest BCUT2D eigenvalue weighted by molar-refractivity contribution is 5.90. The first-order valence-corrected chi connectivity index (χ1v) is 5.00. The van der Waals surface area contributed by atoms with Gasteiger partial charge in [0.25, 0.3) is 0 Å². The lowest BCUT2D eigenvalue weighted by atomic mass is 10.1. The molecule has 1 N–H and O–H groups in total. The van der Waals surface area contributed by atoms with Crippen LogP contribution in [0.4, 0.5) is 5.69 Å². The quantitative estimate of drug-likeness (QED) is 0.781. The van der Waals surface area contributed by atoms with Crippen molar-refractivity contribution < 1.29 is 4.79 Å². The van der Waals surface area contributed by atoms with Gasteiger partial charge in [-0.1, -0.05) is 13.0 Å². The van der Waals surface area contributed by atoms with E-state index >= 15 is 0 Å². The Hall–Kier alpha value is -1.31. The summed E-state index contributed by atoms with van der Waals surface area (Å²) in [4.78, 5) is 11.3. The van der Waals surface area contributed by atoms with Crippen molar-refractivity contribution in [3.8, 4) is 0 Å². The van der Waals surface area contributed by atoms with Crippen LogP contribution < -0.4 is 5.32 Å². The molecule has 14 heavy (non-hydrogen) atoms. The van der Waals surface area contributed by atoms with E-state index in [-0.39, 0.29) is 5.91 Å². The Kier molecular flexibility index (Phi) is 3.69. The summed E-state index contributed by atoms with van der Waals surface area (Å²) in [5.41, 5.74) is 3.35. The summed E-state index contributed by atoms with van der Waals surface area (Å²) in [7, 11) is 0. The zero-order valence-corrected chi connectivity index (χ0v) is 9.05. The second-order valence-corrected chi connectivity index (χ2v) is 3.60. The minimum atomic E-state index is 0.0933. The van der Waals surface area contributed by atoms with Gasteiger partial charge < -0.3 is 5.32 Å². The van der Waals surface area contributed by atoms with E-state index in [2.05, 4.69) is 12.2 Å². The number of aryl methyl sites for hydroxylation is 2. The Morgan fingerprint density at radius 3 is 2.57 bits per heavy atom. The van der Waals surface area contributed by atoms with Crippen LogP contribution in [0, 0.1) is 13.8 Å². The van der Waals surface area contributed by atoms with Gasteiger partial charge in [-0.15, -0.1) is 0 Å². The van der Waals surface area contributed by atoms with Crippen LogP contribution in [-0.2, 0) is 4.79 Å². The third kappa shape index (κ3) is 2.87. The van der Waals surface area contributed by atoms with Crippen molar-refractivity contribution in [3.63, 3.8) is 0 Å². The van der Waals surface area contributed by atoms with Crippen LogP contribution in [0.25, 0.3) is 0 Å². The van der Waals surface area contributed by atoms with Crippen LogP contribution in [0.5, 0.6) is 0 Å². The predicted octanol–water partition coefficient (Wildman–Crippen LogP) is 3.04. The molecular weight excluding hydrogens is 174 g/mol. The number of rotatable bonds is 3. The topological polar surface area (TPSA) is 29.1 Å². The Labute approximate surface area is 85.3 Å². The molecule has 0 bridgehead atoms. The lowest BCUT2D eigenvalue weighted by Gasteiger charge is -2.06. The van der Waals surface area contributed by atoms with E-state index in [0.717, 1.165) is 12.1 Å². The Morgan fingerprint density at radius 2 is 2.00 bits per heavy atom. The molecule has 0 spiro atoms. The van der Waals surface area contributed by atoms with Crippen molar-refractivity contribution in [2.24, 2.45) is 0 Å². The molecule has 0 saturated heterocycles. The number of benzene rings is 1. The second-order valence-electron chi connectivity index (χ2n) is 3.60. The van der Waals surface area contributed by atoms with Gasteiger partial charge in [0.15, 0.2) is 0 Å². The van der Waals surface area contributed by atoms with Crippen molar-refractivity contribution >= 4 is 11.6 Å². The highest BCUT2D eigenvalue weighted by Gasteiger charge is 2.01. The van der Waals surface area contributed by atoms with Crippen LogP contribution in [0.2, 0.25) is 0 Å². The van der Waals surface area contributed by atoms with Gasteiger partial charge in [0.05, 0.1) is 0 Å². The van der Waals surface area contributed by atoms with Gasteiger partial charge >= 0.3 is 0 Å². The first-order valence-electron chi connectivity index (χ1n) is 5.00. The SMILES string of the molecule is CCCC(=O)Nc1ccc(C)c(C)c1. The summed E-state index contributed by atoms with van der Waals surface area (Å²) in [5.74, 6) is 0.0933. The van der Waals surface area contributed by atoms with Crippen LogP contribution in [0.15, 0.2) is 18.2 Å². The number of hydrogen-bond acceptors (Lipinski definition) is 1. The third-order valence-electron chi connectivity index (χ3n) is 2.27. The zero-order chi connectivity index (χ0) is 10.6. The summed E-state index contributed by atoms with van der Waals surface area (Å²) in [6.45, 7) is 6.11. The van der Waals surface area contributed by atoms with Gasteiger partial charge in [0.1, 0.15) is 0 Å². The molecule has 0 aliphatic carbocycles. The van der Waals surface area contributed by atoms with Crippen molar-refractivity contribution in [3.05, 3.63) is 29.3 Å². The number of amides is 1. The van der Waals surface area contributed by atoms with Gasteiger partial charge in [-0.25, -0.2) is 0 Å². The molecule has 0 aliphatic heterocycles. The van der Waals surface area contributed by atoms with E-state index in [4.69, 9.17) is 0 Å². The molecule has 0 radical (unpaired) electrons. The smallest absolute Gasteiger partial charge is 0.224 e. The van der Waals surface area contributed by atoms with Gasteiger partial charge in [-0.2, -0.15) is 0 Å². The van der Waals surface area contributed by atoms with Crippen LogP contribution in [0.1, 0.15) is 30.9 Å². The fraction of sp³-hybridized carbons (Fsp3) is 0.417. The normalized spacial score (nSPS) is 9.93. The largest absolute Gasteiger partial charge is 0.326 e. The monoisotopic (exact) mass is 191 g/mol. The summed E-state index contributed by atoms with van der Waals surface area (Å²) in [6, 6.07) is 5.97. The fourth-order valence-electron chi connectivity index (χ4n) is 1.27. The molecule has 1 rings (SSSR count). The summed E-state index contributed by atoms with van der Waals surface area (Å²) in [5, 5.41) is 2.87. The van der Waals surface area contributed by atoms with E-state index in [1.807, 2.05) is 32.0 Å². The molecular formula is C12H17NO. The van der Waals surface area contributed by atoms with Gasteiger partial charge in [-0.05, 0) is 43.5 Å². The van der Waals surface area contributed by atoms with Crippen molar-refractivity contribution in [1.82, 2.24) is 0 Å². The van der Waals surface area contributed by atoms with Gasteiger partial charge in [-0.3, -0.25) is 4.79 Å². The molecule has 0 fully saturated rings. The number of carbonyl (C=O) groups excluding carboxylic acids is 1. The molecule has 1 aromatic carbocycles. The molecule has 0 unspecified atom stereocenters. The molecule has 76 valence electrons. The molecule has 1 amide bonds. The van der Waals surface area contributed by atoms with Crippen molar-refractivity contribution in [1.29, 1.82) is 0 Å². The number of nitrogens with one attached hydrogen (secondary N) is 1. The fourth-order valence-corrected chi connectivity index (χ4v) is 1.27. The van der Waals surface area contributed by atoms with E-state index < -0.39 is 0 Å². The summed E-state index contributed by atoms with van der Waals surface area (Å²) < 4.78 is 0. The van der Waals surface area contributed by atoms with Crippen LogP contribution in [0.3, 0.4) is 0 Å². The van der Waals surface area contributed by atoms with Crippen LogP contribution in [-0.4, -0.2) is 5.91 Å². The molecule has 0 saturated carbocycles. The summed E-state index contributed by atoms with van der Waals surface area (Å²) >= 11 is 0. The van der Waals surface area contributed by atoms with Gasteiger partial charge in [0.2, 0.25) is 5.91 Å². The number of hydrogen-bond donors (Lipinski definition) is 1. The molecule has 1 aromatic rings. The van der Waals surface area contributed by atoms with Crippen molar-refractivity contribution in [2.75, 3.05) is 5.32 Å². The molecule has 0 aliphatic rings. The minimum Gasteiger partial charge on any atom is -0.326 e. The Morgan fingerprint density at radius 1 is 1.29 bits per heavy atom. The van der Waals surface area contributed by atoms with E-state index in [1.54, 1.807) is 0 Å². The van der Waals surface area contributed by atoms with Crippen LogP contribution >= 0.6 is 0 Å². The lowest BCUT2D eigenvalue weighted by molar-refractivity contribution is -0.116. The maximum Gasteiger partial charge on any atom is 0.224 e. The van der Waals surface area contributed by atoms with Crippen molar-refractivity contribution in [2.45, 2.75) is 33.6 Å². The molecule has 0 aromatic heterocycles. The lowest BCUT2D eigenvalue weighted by Crippen LogP contribution is -2.10. The minimum absolute atomic E-state index is 0.0933. The number of anilines is 1. The standard InChI is InChI=1S/C12H17NO/c1-4-5-12(14)13-11-7-6-9(2)10(3)8-11/h6-8H,4-5H2,1-3H3,(H,13,14). The maximum atomic E-state index is 11.3. The van der Waals surface area contributed by atoms with E-state index in [0.29, 0.717) is 6.42 Å². The average Bonchev–Trinajstić information content (AvgIpc) is 2.12. The summed E-state index contributed by atoms with van der Waals surface area (Å²) in [6.07, 6.45) is 1.48. The molecule has 0 atom stereocenters. The molecule has 2 heteroatoms. The first-order chi connectivity index (χ1) is 6.63. The highest BCUT2D eigenvalue weighted by Crippen LogP contribution is 2.14. The number of carbonyl (C=O) groups is 1. The van der Waals surface area contributed by atoms with E-state index in [9.17, 15) is 4.79 Å². The average molecular weight is 191 g/mol. The van der Waals surface area contributed by atoms with Gasteiger partial charge in [0, 0.05) is 12.1 Å². The Bertz CT molecular complexity index is 331. The second kappa shape index (κ2) is 4.80. The Balaban J connectivity index is 2.68. The predicted molar refractivity (Wildman–Crippen MR) is 59.5 cm³/mol. The highest BCUT2D eigenvalue weighted by atomic mass is 16.1. The molecule has 2 nitrogen and oxygen atoms in total.